The number of ether oxygens (including phenoxy) is 1. The molecule has 2 aromatic rings. The number of anilines is 2. The second-order valence-electron chi connectivity index (χ2n) is 7.68. The van der Waals surface area contributed by atoms with Crippen molar-refractivity contribution in [3.05, 3.63) is 53.6 Å². The van der Waals surface area contributed by atoms with Gasteiger partial charge < -0.3 is 10.1 Å². The Balaban J connectivity index is 1.86. The third kappa shape index (κ3) is 4.48. The number of sulfonamides is 1. The lowest BCUT2D eigenvalue weighted by molar-refractivity contribution is -0.274. The Bertz CT molecular complexity index is 1060. The second kappa shape index (κ2) is 8.07. The van der Waals surface area contributed by atoms with Crippen LogP contribution in [0.4, 0.5) is 24.5 Å². The van der Waals surface area contributed by atoms with Crippen molar-refractivity contribution in [2.45, 2.75) is 44.7 Å². The average molecular weight is 456 g/mol. The number of carbonyl (C=O) groups excluding carboxylic acids is 1. The van der Waals surface area contributed by atoms with E-state index in [-0.39, 0.29) is 18.7 Å². The zero-order chi connectivity index (χ0) is 23.0. The van der Waals surface area contributed by atoms with Gasteiger partial charge in [0, 0.05) is 12.2 Å². The van der Waals surface area contributed by atoms with E-state index in [4.69, 9.17) is 0 Å². The first-order valence-electron chi connectivity index (χ1n) is 9.61. The number of benzene rings is 2. The summed E-state index contributed by atoms with van der Waals surface area (Å²) in [5.74, 6) is -1.18. The van der Waals surface area contributed by atoms with Crippen molar-refractivity contribution in [1.29, 1.82) is 0 Å². The molecular formula is C21H23F3N2O4S. The van der Waals surface area contributed by atoms with Crippen LogP contribution in [0.5, 0.6) is 5.75 Å². The molecule has 1 fully saturated rings. The van der Waals surface area contributed by atoms with Crippen LogP contribution in [0, 0.1) is 13.8 Å². The molecular weight excluding hydrogens is 433 g/mol. The van der Waals surface area contributed by atoms with Crippen molar-refractivity contribution in [2.24, 2.45) is 0 Å². The number of para-hydroxylation sites is 1. The standard InChI is InChI=1S/C21H23F3N2O4S/c1-14-6-4-7-15(2)18(14)26-13-5-12-20(3,31(26,28)29)19(27)25-16-8-10-17(11-9-16)30-21(22,23)24/h4,6-11H,5,12-13H2,1-3H3,(H,25,27). The number of alkyl halides is 3. The summed E-state index contributed by atoms with van der Waals surface area (Å²) in [6, 6.07) is 10.0. The monoisotopic (exact) mass is 456 g/mol. The van der Waals surface area contributed by atoms with Crippen molar-refractivity contribution < 1.29 is 31.1 Å². The molecule has 1 heterocycles. The number of nitrogens with one attached hydrogen (secondary N) is 1. The molecule has 0 bridgehead atoms. The molecule has 1 aliphatic rings. The van der Waals surface area contributed by atoms with E-state index >= 15 is 0 Å². The summed E-state index contributed by atoms with van der Waals surface area (Å²) < 4.78 is 67.3. The van der Waals surface area contributed by atoms with Crippen LogP contribution in [-0.4, -0.2) is 32.0 Å². The Morgan fingerprint density at radius 1 is 1.10 bits per heavy atom. The minimum Gasteiger partial charge on any atom is -0.406 e. The molecule has 168 valence electrons. The number of hydrogen-bond donors (Lipinski definition) is 1. The molecule has 3 rings (SSSR count). The van der Waals surface area contributed by atoms with Crippen LogP contribution in [0.1, 0.15) is 30.9 Å². The van der Waals surface area contributed by atoms with Gasteiger partial charge in [-0.25, -0.2) is 8.42 Å². The number of nitrogens with zero attached hydrogens (tertiary/aromatic N) is 1. The van der Waals surface area contributed by atoms with Crippen LogP contribution >= 0.6 is 0 Å². The molecule has 2 aromatic carbocycles. The number of halogens is 3. The maximum atomic E-state index is 13.5. The van der Waals surface area contributed by atoms with Crippen LogP contribution < -0.4 is 14.4 Å². The molecule has 31 heavy (non-hydrogen) atoms. The number of hydrogen-bond acceptors (Lipinski definition) is 4. The fraction of sp³-hybridized carbons (Fsp3) is 0.381. The van der Waals surface area contributed by atoms with E-state index < -0.39 is 32.8 Å². The summed E-state index contributed by atoms with van der Waals surface area (Å²) in [6.07, 6.45) is -4.22. The first kappa shape index (κ1) is 22.9. The van der Waals surface area contributed by atoms with Gasteiger partial charge in [-0.2, -0.15) is 0 Å². The second-order valence-corrected chi connectivity index (χ2v) is 9.97. The number of amides is 1. The highest BCUT2D eigenvalue weighted by Crippen LogP contribution is 2.39. The van der Waals surface area contributed by atoms with Crippen molar-refractivity contribution in [3.63, 3.8) is 0 Å². The fourth-order valence-corrected chi connectivity index (χ4v) is 5.79. The number of carbonyl (C=O) groups is 1. The van der Waals surface area contributed by atoms with Crippen molar-refractivity contribution in [3.8, 4) is 5.75 Å². The van der Waals surface area contributed by atoms with Gasteiger partial charge in [0.25, 0.3) is 0 Å². The van der Waals surface area contributed by atoms with Gasteiger partial charge in [-0.3, -0.25) is 9.10 Å². The Labute approximate surface area is 179 Å². The van der Waals surface area contributed by atoms with E-state index in [1.54, 1.807) is 0 Å². The van der Waals surface area contributed by atoms with Gasteiger partial charge in [0.2, 0.25) is 15.9 Å². The van der Waals surface area contributed by atoms with Gasteiger partial charge in [0.05, 0.1) is 5.69 Å². The summed E-state index contributed by atoms with van der Waals surface area (Å²) in [5, 5.41) is 2.52. The first-order chi connectivity index (χ1) is 14.3. The molecule has 0 radical (unpaired) electrons. The van der Waals surface area contributed by atoms with Gasteiger partial charge in [-0.1, -0.05) is 18.2 Å². The van der Waals surface area contributed by atoms with Crippen LogP contribution in [0.3, 0.4) is 0 Å². The van der Waals surface area contributed by atoms with Crippen LogP contribution in [-0.2, 0) is 14.8 Å². The lowest BCUT2D eigenvalue weighted by Crippen LogP contribution is -2.57. The van der Waals surface area contributed by atoms with Gasteiger partial charge in [0.1, 0.15) is 5.75 Å². The van der Waals surface area contributed by atoms with Gasteiger partial charge in [-0.05, 0) is 69.0 Å². The van der Waals surface area contributed by atoms with Gasteiger partial charge in [0.15, 0.2) is 4.75 Å². The summed E-state index contributed by atoms with van der Waals surface area (Å²) in [4.78, 5) is 13.0. The predicted molar refractivity (Wildman–Crippen MR) is 112 cm³/mol. The van der Waals surface area contributed by atoms with E-state index in [1.807, 2.05) is 32.0 Å². The summed E-state index contributed by atoms with van der Waals surface area (Å²) in [5.41, 5.74) is 2.30. The summed E-state index contributed by atoms with van der Waals surface area (Å²) in [6.45, 7) is 5.27. The average Bonchev–Trinajstić information content (AvgIpc) is 2.65. The van der Waals surface area contributed by atoms with E-state index in [0.29, 0.717) is 12.1 Å². The predicted octanol–water partition coefficient (Wildman–Crippen LogP) is 4.53. The molecule has 1 aliphatic heterocycles. The maximum Gasteiger partial charge on any atom is 0.573 e. The molecule has 1 saturated heterocycles. The Morgan fingerprint density at radius 2 is 1.68 bits per heavy atom. The molecule has 0 aliphatic carbocycles. The first-order valence-corrected chi connectivity index (χ1v) is 11.0. The zero-order valence-corrected chi connectivity index (χ0v) is 18.1. The summed E-state index contributed by atoms with van der Waals surface area (Å²) >= 11 is 0. The van der Waals surface area contributed by atoms with Gasteiger partial charge >= 0.3 is 6.36 Å². The minimum absolute atomic E-state index is 0.123. The number of aryl methyl sites for hydroxylation is 2. The molecule has 0 spiro atoms. The largest absolute Gasteiger partial charge is 0.573 e. The van der Waals surface area contributed by atoms with Crippen molar-refractivity contribution in [1.82, 2.24) is 0 Å². The molecule has 1 atom stereocenters. The quantitative estimate of drug-likeness (QED) is 0.734. The van der Waals surface area contributed by atoms with E-state index in [1.165, 1.54) is 23.4 Å². The number of rotatable bonds is 4. The van der Waals surface area contributed by atoms with Crippen LogP contribution in [0.25, 0.3) is 0 Å². The lowest BCUT2D eigenvalue weighted by Gasteiger charge is -2.40. The van der Waals surface area contributed by atoms with Crippen molar-refractivity contribution in [2.75, 3.05) is 16.2 Å². The highest BCUT2D eigenvalue weighted by Gasteiger charge is 2.52. The van der Waals surface area contributed by atoms with Crippen molar-refractivity contribution >= 4 is 27.3 Å². The molecule has 1 unspecified atom stereocenters. The van der Waals surface area contributed by atoms with E-state index in [0.717, 1.165) is 23.3 Å². The topological polar surface area (TPSA) is 75.7 Å². The molecule has 10 heteroatoms. The Morgan fingerprint density at radius 3 is 2.23 bits per heavy atom. The van der Waals surface area contributed by atoms with E-state index in [9.17, 15) is 26.4 Å². The fourth-order valence-electron chi connectivity index (χ4n) is 3.72. The van der Waals surface area contributed by atoms with E-state index in [2.05, 4.69) is 10.1 Å². The molecule has 1 amide bonds. The lowest BCUT2D eigenvalue weighted by atomic mass is 10.0. The maximum absolute atomic E-state index is 13.5. The normalized spacial score (nSPS) is 20.9. The minimum atomic E-state index is -4.83. The summed E-state index contributed by atoms with van der Waals surface area (Å²) in [7, 11) is -4.07. The molecule has 1 N–H and O–H groups in total. The van der Waals surface area contributed by atoms with Gasteiger partial charge in [-0.15, -0.1) is 13.2 Å². The Hall–Kier alpha value is -2.75. The highest BCUT2D eigenvalue weighted by atomic mass is 32.2. The molecule has 6 nitrogen and oxygen atoms in total. The van der Waals surface area contributed by atoms with Crippen LogP contribution in [0.15, 0.2) is 42.5 Å². The third-order valence-electron chi connectivity index (χ3n) is 5.39. The zero-order valence-electron chi connectivity index (χ0n) is 17.3. The highest BCUT2D eigenvalue weighted by molar-refractivity contribution is 7.95. The third-order valence-corrected chi connectivity index (χ3v) is 7.86. The smallest absolute Gasteiger partial charge is 0.406 e. The van der Waals surface area contributed by atoms with Crippen LogP contribution in [0.2, 0.25) is 0 Å². The molecule has 0 aromatic heterocycles. The Kier molecular flexibility index (Phi) is 5.96. The SMILES string of the molecule is Cc1cccc(C)c1N1CCCC(C)(C(=O)Nc2ccc(OC(F)(F)F)cc2)S1(=O)=O. The molecule has 0 saturated carbocycles.